The van der Waals surface area contributed by atoms with Crippen LogP contribution in [0.3, 0.4) is 0 Å². The average molecular weight is 224 g/mol. The van der Waals surface area contributed by atoms with E-state index >= 15 is 0 Å². The smallest absolute Gasteiger partial charge is 0.115 e. The molecule has 1 aliphatic carbocycles. The Kier molecular flexibility index (Phi) is 2.40. The van der Waals surface area contributed by atoms with E-state index in [1.165, 1.54) is 35.1 Å². The van der Waals surface area contributed by atoms with Gasteiger partial charge in [-0.05, 0) is 53.1 Å². The lowest BCUT2D eigenvalue weighted by Gasteiger charge is -2.07. The summed E-state index contributed by atoms with van der Waals surface area (Å²) < 4.78 is 0. The molecule has 2 aromatic carbocycles. The van der Waals surface area contributed by atoms with Crippen LogP contribution in [0.2, 0.25) is 0 Å². The summed E-state index contributed by atoms with van der Waals surface area (Å²) in [4.78, 5) is 0. The molecule has 1 nitrogen and oxygen atoms in total. The van der Waals surface area contributed by atoms with Gasteiger partial charge >= 0.3 is 0 Å². The van der Waals surface area contributed by atoms with Gasteiger partial charge in [0.2, 0.25) is 0 Å². The molecule has 86 valence electrons. The van der Waals surface area contributed by atoms with Crippen LogP contribution in [-0.2, 0) is 6.42 Å². The Morgan fingerprint density at radius 2 is 1.71 bits per heavy atom. The van der Waals surface area contributed by atoms with Crippen LogP contribution in [0.15, 0.2) is 42.5 Å². The third-order valence-electron chi connectivity index (χ3n) is 3.72. The Labute approximate surface area is 102 Å². The minimum Gasteiger partial charge on any atom is -0.508 e. The minimum atomic E-state index is 0.323. The number of aryl methyl sites for hydroxylation is 1. The fourth-order valence-corrected chi connectivity index (χ4v) is 2.66. The summed E-state index contributed by atoms with van der Waals surface area (Å²) in [5.74, 6) is 1.03. The van der Waals surface area contributed by atoms with Crippen LogP contribution in [0, 0.1) is 0 Å². The van der Waals surface area contributed by atoms with Gasteiger partial charge in [0.15, 0.2) is 0 Å². The lowest BCUT2D eigenvalue weighted by atomic mass is 9.98. The van der Waals surface area contributed by atoms with Gasteiger partial charge in [-0.1, -0.05) is 37.3 Å². The maximum atomic E-state index is 9.29. The van der Waals surface area contributed by atoms with Crippen LogP contribution in [0.1, 0.15) is 30.4 Å². The highest BCUT2D eigenvalue weighted by Crippen LogP contribution is 2.35. The van der Waals surface area contributed by atoms with Gasteiger partial charge in [-0.3, -0.25) is 0 Å². The van der Waals surface area contributed by atoms with E-state index in [0.29, 0.717) is 11.7 Å². The first-order valence-electron chi connectivity index (χ1n) is 6.16. The molecule has 0 aliphatic heterocycles. The molecule has 0 fully saturated rings. The zero-order valence-electron chi connectivity index (χ0n) is 9.98. The van der Waals surface area contributed by atoms with Crippen molar-refractivity contribution >= 4 is 0 Å². The predicted octanol–water partition coefficient (Wildman–Crippen LogP) is 4.11. The second kappa shape index (κ2) is 3.92. The summed E-state index contributed by atoms with van der Waals surface area (Å²) in [7, 11) is 0. The highest BCUT2D eigenvalue weighted by molar-refractivity contribution is 5.66. The predicted molar refractivity (Wildman–Crippen MR) is 70.3 cm³/mol. The van der Waals surface area contributed by atoms with Gasteiger partial charge in [0, 0.05) is 0 Å². The van der Waals surface area contributed by atoms with Crippen LogP contribution < -0.4 is 0 Å². The highest BCUT2D eigenvalue weighted by atomic mass is 16.3. The summed E-state index contributed by atoms with van der Waals surface area (Å²) in [5.41, 5.74) is 5.42. The molecular weight excluding hydrogens is 208 g/mol. The Balaban J connectivity index is 2.02. The fourth-order valence-electron chi connectivity index (χ4n) is 2.66. The van der Waals surface area contributed by atoms with Crippen molar-refractivity contribution in [3.8, 4) is 16.9 Å². The van der Waals surface area contributed by atoms with Gasteiger partial charge in [-0.15, -0.1) is 0 Å². The molecule has 1 unspecified atom stereocenters. The molecule has 0 spiro atoms. The van der Waals surface area contributed by atoms with E-state index in [0.717, 1.165) is 0 Å². The van der Waals surface area contributed by atoms with E-state index in [4.69, 9.17) is 0 Å². The Hall–Kier alpha value is -1.76. The third-order valence-corrected chi connectivity index (χ3v) is 3.72. The fraction of sp³-hybridized carbons (Fsp3) is 0.250. The van der Waals surface area contributed by atoms with Crippen molar-refractivity contribution in [2.24, 2.45) is 0 Å². The van der Waals surface area contributed by atoms with E-state index < -0.39 is 0 Å². The second-order valence-electron chi connectivity index (χ2n) is 4.90. The number of phenols is 1. The van der Waals surface area contributed by atoms with E-state index in [1.54, 1.807) is 12.1 Å². The molecule has 0 bridgehead atoms. The molecule has 0 aromatic heterocycles. The Morgan fingerprint density at radius 3 is 2.47 bits per heavy atom. The van der Waals surface area contributed by atoms with E-state index in [1.807, 2.05) is 12.1 Å². The number of hydrogen-bond donors (Lipinski definition) is 1. The van der Waals surface area contributed by atoms with Gasteiger partial charge in [0.25, 0.3) is 0 Å². The van der Waals surface area contributed by atoms with Crippen LogP contribution in [0.5, 0.6) is 5.75 Å². The number of aromatic hydroxyl groups is 1. The number of benzene rings is 2. The summed E-state index contributed by atoms with van der Waals surface area (Å²) in [6.07, 6.45) is 2.47. The molecule has 0 amide bonds. The molecule has 17 heavy (non-hydrogen) atoms. The number of hydrogen-bond acceptors (Lipinski definition) is 1. The molecular formula is C16H16O. The van der Waals surface area contributed by atoms with Gasteiger partial charge in [-0.2, -0.15) is 0 Å². The van der Waals surface area contributed by atoms with Gasteiger partial charge in [0.1, 0.15) is 5.75 Å². The molecule has 3 rings (SSSR count). The molecule has 1 heteroatoms. The summed E-state index contributed by atoms with van der Waals surface area (Å²) in [6.45, 7) is 2.30. The van der Waals surface area contributed by atoms with Crippen molar-refractivity contribution in [3.05, 3.63) is 53.6 Å². The average Bonchev–Trinajstić information content (AvgIpc) is 2.72. The SMILES string of the molecule is CC1CCc2cc(-c3ccc(O)cc3)ccc21. The normalized spacial score (nSPS) is 18.1. The van der Waals surface area contributed by atoms with Gasteiger partial charge < -0.3 is 5.11 Å². The van der Waals surface area contributed by atoms with Crippen molar-refractivity contribution in [2.45, 2.75) is 25.7 Å². The Bertz CT molecular complexity index is 540. The molecule has 0 heterocycles. The van der Waals surface area contributed by atoms with Crippen LogP contribution in [0.25, 0.3) is 11.1 Å². The number of phenolic OH excluding ortho intramolecular Hbond substituents is 1. The van der Waals surface area contributed by atoms with Crippen molar-refractivity contribution in [1.82, 2.24) is 0 Å². The highest BCUT2D eigenvalue weighted by Gasteiger charge is 2.18. The number of rotatable bonds is 1. The zero-order chi connectivity index (χ0) is 11.8. The maximum Gasteiger partial charge on any atom is 0.115 e. The lowest BCUT2D eigenvalue weighted by molar-refractivity contribution is 0.475. The minimum absolute atomic E-state index is 0.323. The summed E-state index contributed by atoms with van der Waals surface area (Å²) in [5, 5.41) is 9.29. The van der Waals surface area contributed by atoms with E-state index in [9.17, 15) is 5.11 Å². The van der Waals surface area contributed by atoms with E-state index in [-0.39, 0.29) is 0 Å². The van der Waals surface area contributed by atoms with Crippen LogP contribution >= 0.6 is 0 Å². The molecule has 1 aliphatic rings. The van der Waals surface area contributed by atoms with Gasteiger partial charge in [-0.25, -0.2) is 0 Å². The standard InChI is InChI=1S/C16H16O/c1-11-2-3-14-10-13(6-9-16(11)14)12-4-7-15(17)8-5-12/h4-11,17H,2-3H2,1H3. The monoisotopic (exact) mass is 224 g/mol. The molecule has 2 aromatic rings. The second-order valence-corrected chi connectivity index (χ2v) is 4.90. The molecule has 0 radical (unpaired) electrons. The molecule has 0 saturated carbocycles. The molecule has 0 saturated heterocycles. The first-order chi connectivity index (χ1) is 8.24. The van der Waals surface area contributed by atoms with Crippen molar-refractivity contribution < 1.29 is 5.11 Å². The largest absolute Gasteiger partial charge is 0.508 e. The first-order valence-corrected chi connectivity index (χ1v) is 6.16. The summed E-state index contributed by atoms with van der Waals surface area (Å²) in [6, 6.07) is 14.2. The first kappa shape index (κ1) is 10.4. The number of fused-ring (bicyclic) bond motifs is 1. The van der Waals surface area contributed by atoms with Crippen LogP contribution in [0.4, 0.5) is 0 Å². The van der Waals surface area contributed by atoms with E-state index in [2.05, 4.69) is 25.1 Å². The van der Waals surface area contributed by atoms with Crippen LogP contribution in [-0.4, -0.2) is 5.11 Å². The quantitative estimate of drug-likeness (QED) is 0.773. The summed E-state index contributed by atoms with van der Waals surface area (Å²) >= 11 is 0. The lowest BCUT2D eigenvalue weighted by Crippen LogP contribution is -1.87. The molecule has 1 N–H and O–H groups in total. The zero-order valence-corrected chi connectivity index (χ0v) is 9.98. The molecule has 1 atom stereocenters. The van der Waals surface area contributed by atoms with Crippen molar-refractivity contribution in [2.75, 3.05) is 0 Å². The van der Waals surface area contributed by atoms with Crippen molar-refractivity contribution in [3.63, 3.8) is 0 Å². The van der Waals surface area contributed by atoms with Gasteiger partial charge in [0.05, 0.1) is 0 Å². The Morgan fingerprint density at radius 1 is 1.00 bits per heavy atom. The topological polar surface area (TPSA) is 20.2 Å². The third kappa shape index (κ3) is 1.82. The van der Waals surface area contributed by atoms with Crippen molar-refractivity contribution in [1.29, 1.82) is 0 Å². The maximum absolute atomic E-state index is 9.29.